The van der Waals surface area contributed by atoms with Gasteiger partial charge >= 0.3 is 5.97 Å². The minimum Gasteiger partial charge on any atom is -0.455 e. The van der Waals surface area contributed by atoms with Gasteiger partial charge in [-0.2, -0.15) is 0 Å². The Balaban J connectivity index is 2.67. The van der Waals surface area contributed by atoms with Gasteiger partial charge in [0.15, 0.2) is 12.2 Å². The molecule has 64 valence electrons. The van der Waals surface area contributed by atoms with Gasteiger partial charge in [0, 0.05) is 0 Å². The first-order valence-corrected chi connectivity index (χ1v) is 3.28. The summed E-state index contributed by atoms with van der Waals surface area (Å²) >= 11 is 0. The van der Waals surface area contributed by atoms with Gasteiger partial charge in [0.2, 0.25) is 0 Å². The summed E-state index contributed by atoms with van der Waals surface area (Å²) in [6.07, 6.45) is -4.80. The van der Waals surface area contributed by atoms with E-state index < -0.39 is 30.4 Å². The molecule has 0 aromatic rings. The summed E-state index contributed by atoms with van der Waals surface area (Å²) < 4.78 is 4.46. The van der Waals surface area contributed by atoms with Crippen molar-refractivity contribution in [1.82, 2.24) is 0 Å². The number of hydrogen-bond donors (Lipinski definition) is 3. The summed E-state index contributed by atoms with van der Waals surface area (Å²) in [5.41, 5.74) is 0. The van der Waals surface area contributed by atoms with Crippen LogP contribution in [0.2, 0.25) is 0 Å². The van der Waals surface area contributed by atoms with E-state index in [0.717, 1.165) is 0 Å². The fraction of sp³-hybridized carbons (Fsp3) is 0.833. The predicted octanol–water partition coefficient (Wildman–Crippen LogP) is -1.99. The topological polar surface area (TPSA) is 87.0 Å². The second-order valence-corrected chi connectivity index (χ2v) is 2.58. The van der Waals surface area contributed by atoms with Crippen LogP contribution in [0.25, 0.3) is 0 Å². The molecule has 1 aliphatic heterocycles. The molecule has 0 unspecified atom stereocenters. The molecule has 5 heteroatoms. The monoisotopic (exact) mass is 162 g/mol. The molecular formula is C6H10O5. The maximum atomic E-state index is 10.6. The molecule has 0 amide bonds. The first-order valence-electron chi connectivity index (χ1n) is 3.28. The van der Waals surface area contributed by atoms with Crippen molar-refractivity contribution in [2.75, 3.05) is 0 Å². The van der Waals surface area contributed by atoms with E-state index in [1.807, 2.05) is 0 Å². The minimum atomic E-state index is -1.52. The zero-order valence-corrected chi connectivity index (χ0v) is 5.97. The van der Waals surface area contributed by atoms with Crippen molar-refractivity contribution in [2.24, 2.45) is 0 Å². The highest BCUT2D eigenvalue weighted by atomic mass is 16.6. The van der Waals surface area contributed by atoms with Gasteiger partial charge in [-0.1, -0.05) is 0 Å². The van der Waals surface area contributed by atoms with Crippen molar-refractivity contribution in [3.8, 4) is 0 Å². The molecule has 0 bridgehead atoms. The summed E-state index contributed by atoms with van der Waals surface area (Å²) in [5.74, 6) is -0.886. The van der Waals surface area contributed by atoms with Crippen LogP contribution >= 0.6 is 0 Å². The van der Waals surface area contributed by atoms with Gasteiger partial charge in [0.1, 0.15) is 6.10 Å². The number of carbonyl (C=O) groups excluding carboxylic acids is 1. The molecule has 1 heterocycles. The molecule has 1 fully saturated rings. The molecule has 4 atom stereocenters. The third kappa shape index (κ3) is 1.35. The van der Waals surface area contributed by atoms with Crippen molar-refractivity contribution in [1.29, 1.82) is 0 Å². The van der Waals surface area contributed by atoms with Crippen molar-refractivity contribution >= 4 is 5.97 Å². The minimum absolute atomic E-state index is 0.886. The van der Waals surface area contributed by atoms with E-state index in [4.69, 9.17) is 15.3 Å². The quantitative estimate of drug-likeness (QED) is 0.389. The molecule has 0 saturated carbocycles. The van der Waals surface area contributed by atoms with Crippen LogP contribution in [-0.4, -0.2) is 45.7 Å². The lowest BCUT2D eigenvalue weighted by Crippen LogP contribution is -2.37. The number of rotatable bonds is 1. The van der Waals surface area contributed by atoms with E-state index in [2.05, 4.69) is 4.74 Å². The van der Waals surface area contributed by atoms with Gasteiger partial charge in [-0.3, -0.25) is 0 Å². The Labute approximate surface area is 63.2 Å². The van der Waals surface area contributed by atoms with Crippen LogP contribution in [-0.2, 0) is 9.53 Å². The average molecular weight is 162 g/mol. The normalized spacial score (nSPS) is 40.4. The molecule has 1 aliphatic rings. The number of aliphatic hydroxyl groups excluding tert-OH is 3. The second kappa shape index (κ2) is 2.77. The summed E-state index contributed by atoms with van der Waals surface area (Å²) in [7, 11) is 0. The van der Waals surface area contributed by atoms with Gasteiger partial charge in [-0.05, 0) is 6.92 Å². The lowest BCUT2D eigenvalue weighted by Gasteiger charge is -2.15. The number of cyclic esters (lactones) is 1. The fourth-order valence-corrected chi connectivity index (χ4v) is 0.976. The summed E-state index contributed by atoms with van der Waals surface area (Å²) in [5, 5.41) is 26.8. The highest BCUT2D eigenvalue weighted by molar-refractivity contribution is 5.77. The second-order valence-electron chi connectivity index (χ2n) is 2.58. The predicted molar refractivity (Wildman–Crippen MR) is 33.6 cm³/mol. The van der Waals surface area contributed by atoms with E-state index in [9.17, 15) is 4.79 Å². The molecule has 0 aromatic heterocycles. The smallest absolute Gasteiger partial charge is 0.338 e. The SMILES string of the molecule is C[C@H](O)[C@H]1OC(=O)[C@@H](O)[C@@H]1O. The maximum Gasteiger partial charge on any atom is 0.338 e. The summed E-state index contributed by atoms with van der Waals surface area (Å²) in [6, 6.07) is 0. The molecule has 3 N–H and O–H groups in total. The Bertz CT molecular complexity index is 166. The van der Waals surface area contributed by atoms with Crippen LogP contribution in [0.4, 0.5) is 0 Å². The number of aliphatic hydroxyl groups is 3. The molecule has 0 aliphatic carbocycles. The van der Waals surface area contributed by atoms with Crippen molar-refractivity contribution < 1.29 is 24.9 Å². The van der Waals surface area contributed by atoms with Crippen LogP contribution in [0.3, 0.4) is 0 Å². The van der Waals surface area contributed by atoms with Crippen LogP contribution in [0.15, 0.2) is 0 Å². The van der Waals surface area contributed by atoms with E-state index in [-0.39, 0.29) is 0 Å². The first-order chi connectivity index (χ1) is 5.04. The van der Waals surface area contributed by atoms with Crippen LogP contribution < -0.4 is 0 Å². The van der Waals surface area contributed by atoms with E-state index in [1.165, 1.54) is 6.92 Å². The van der Waals surface area contributed by atoms with Crippen LogP contribution in [0, 0.1) is 0 Å². The largest absolute Gasteiger partial charge is 0.455 e. The Morgan fingerprint density at radius 2 is 2.09 bits per heavy atom. The number of ether oxygens (including phenoxy) is 1. The molecule has 0 spiro atoms. The van der Waals surface area contributed by atoms with Gasteiger partial charge in [-0.15, -0.1) is 0 Å². The first kappa shape index (κ1) is 8.45. The Kier molecular flexibility index (Phi) is 2.12. The number of hydrogen-bond acceptors (Lipinski definition) is 5. The lowest BCUT2D eigenvalue weighted by molar-refractivity contribution is -0.150. The summed E-state index contributed by atoms with van der Waals surface area (Å²) in [4.78, 5) is 10.6. The van der Waals surface area contributed by atoms with Crippen molar-refractivity contribution in [3.63, 3.8) is 0 Å². The highest BCUT2D eigenvalue weighted by Gasteiger charge is 2.44. The number of esters is 1. The van der Waals surface area contributed by atoms with Gasteiger partial charge in [0.05, 0.1) is 6.10 Å². The molecule has 0 radical (unpaired) electrons. The van der Waals surface area contributed by atoms with Gasteiger partial charge in [0.25, 0.3) is 0 Å². The fourth-order valence-electron chi connectivity index (χ4n) is 0.976. The van der Waals surface area contributed by atoms with Gasteiger partial charge in [-0.25, -0.2) is 4.79 Å². The van der Waals surface area contributed by atoms with E-state index in [0.29, 0.717) is 0 Å². The van der Waals surface area contributed by atoms with E-state index in [1.54, 1.807) is 0 Å². The Hall–Kier alpha value is -0.650. The van der Waals surface area contributed by atoms with Crippen LogP contribution in [0.5, 0.6) is 0 Å². The number of carbonyl (C=O) groups is 1. The molecule has 5 nitrogen and oxygen atoms in total. The molecule has 1 saturated heterocycles. The Morgan fingerprint density at radius 1 is 1.55 bits per heavy atom. The standard InChI is InChI=1S/C6H10O5/c1-2(7)5-3(8)4(9)6(10)11-5/h2-5,7-9H,1H3/t2-,3-,4-,5+/m0/s1. The van der Waals surface area contributed by atoms with E-state index >= 15 is 0 Å². The third-order valence-electron chi connectivity index (χ3n) is 1.63. The van der Waals surface area contributed by atoms with Gasteiger partial charge < -0.3 is 20.1 Å². The molecular weight excluding hydrogens is 152 g/mol. The maximum absolute atomic E-state index is 10.6. The summed E-state index contributed by atoms with van der Waals surface area (Å²) in [6.45, 7) is 1.37. The van der Waals surface area contributed by atoms with Crippen molar-refractivity contribution in [3.05, 3.63) is 0 Å². The Morgan fingerprint density at radius 3 is 2.27 bits per heavy atom. The highest BCUT2D eigenvalue weighted by Crippen LogP contribution is 2.18. The average Bonchev–Trinajstić information content (AvgIpc) is 2.17. The van der Waals surface area contributed by atoms with Crippen molar-refractivity contribution in [2.45, 2.75) is 31.3 Å². The van der Waals surface area contributed by atoms with Crippen LogP contribution in [0.1, 0.15) is 6.92 Å². The molecule has 0 aromatic carbocycles. The molecule has 11 heavy (non-hydrogen) atoms. The molecule has 1 rings (SSSR count). The third-order valence-corrected chi connectivity index (χ3v) is 1.63. The lowest BCUT2D eigenvalue weighted by atomic mass is 10.1. The zero-order chi connectivity index (χ0) is 8.59. The zero-order valence-electron chi connectivity index (χ0n) is 5.97.